The summed E-state index contributed by atoms with van der Waals surface area (Å²) in [4.78, 5) is 16.6. The molecule has 4 N–H and O–H groups in total. The van der Waals surface area contributed by atoms with Gasteiger partial charge in [-0.2, -0.15) is 0 Å². The van der Waals surface area contributed by atoms with Crippen molar-refractivity contribution in [1.82, 2.24) is 15.5 Å². The summed E-state index contributed by atoms with van der Waals surface area (Å²) < 4.78 is 43.8. The van der Waals surface area contributed by atoms with Crippen molar-refractivity contribution in [2.45, 2.75) is 88.9 Å². The van der Waals surface area contributed by atoms with E-state index in [0.717, 1.165) is 26.1 Å². The molecule has 274 valence electrons. The zero-order valence-electron chi connectivity index (χ0n) is 29.7. The quantitative estimate of drug-likeness (QED) is 0.177. The smallest absolute Gasteiger partial charge is 0.237 e. The lowest BCUT2D eigenvalue weighted by atomic mass is 9.66. The Balaban J connectivity index is 1.32. The van der Waals surface area contributed by atoms with Crippen molar-refractivity contribution in [3.8, 4) is 0 Å². The van der Waals surface area contributed by atoms with Crippen molar-refractivity contribution < 1.29 is 23.0 Å². The van der Waals surface area contributed by atoms with Crippen LogP contribution in [-0.2, 0) is 26.4 Å². The number of nitrogens with zero attached hydrogens (tertiary/aromatic N) is 1. The standard InChI is InChI=1S/C40H48Cl2F2N4O3/c1-38(2,26-16-19-48(20-17-26)23-25-9-6-5-7-10-25)22-33-40(45,30-14-13-27(41)21-32(30)43)34(29-11-8-12-31(42)35(29)44)36(47-33)37(49)46-18-15-28-24-50-39(3,4)51-28/h5-14,16,21,28,33-34,36,47H,15,17-20,22-24,45H2,1-4H3,(H,46,49)/t28-,33-,34-,36+,40+/m0/s1. The van der Waals surface area contributed by atoms with Crippen LogP contribution in [0, 0.1) is 17.0 Å². The van der Waals surface area contributed by atoms with Crippen LogP contribution < -0.4 is 16.4 Å². The maximum absolute atomic E-state index is 16.1. The minimum Gasteiger partial charge on any atom is -0.355 e. The zero-order chi connectivity index (χ0) is 36.6. The van der Waals surface area contributed by atoms with Crippen molar-refractivity contribution in [2.24, 2.45) is 11.1 Å². The van der Waals surface area contributed by atoms with Crippen LogP contribution in [-0.4, -0.2) is 61.0 Å². The van der Waals surface area contributed by atoms with Gasteiger partial charge in [-0.3, -0.25) is 9.69 Å². The maximum atomic E-state index is 16.1. The Morgan fingerprint density at radius 1 is 1.10 bits per heavy atom. The van der Waals surface area contributed by atoms with Crippen molar-refractivity contribution in [3.05, 3.63) is 117 Å². The van der Waals surface area contributed by atoms with Crippen LogP contribution >= 0.6 is 23.2 Å². The summed E-state index contributed by atoms with van der Waals surface area (Å²) in [5.41, 5.74) is 8.31. The number of carbonyl (C=O) groups is 1. The number of hydrogen-bond acceptors (Lipinski definition) is 6. The molecular weight excluding hydrogens is 693 g/mol. The molecule has 5 atom stereocenters. The van der Waals surface area contributed by atoms with Crippen LogP contribution in [0.15, 0.2) is 78.4 Å². The molecule has 0 aromatic heterocycles. The van der Waals surface area contributed by atoms with Crippen LogP contribution in [0.5, 0.6) is 0 Å². The summed E-state index contributed by atoms with van der Waals surface area (Å²) in [5.74, 6) is -3.42. The predicted octanol–water partition coefficient (Wildman–Crippen LogP) is 7.46. The molecule has 3 aromatic rings. The predicted molar refractivity (Wildman–Crippen MR) is 197 cm³/mol. The summed E-state index contributed by atoms with van der Waals surface area (Å²) in [6, 6.07) is 17.7. The minimum atomic E-state index is -1.58. The summed E-state index contributed by atoms with van der Waals surface area (Å²) in [7, 11) is 0. The SMILES string of the molecule is CC1(C)OC[C@H](CCNC(=O)[C@@H]2N[C@@H](CC(C)(C)C3=CCN(Cc4ccccc4)CC3)[C@](N)(c3ccc(Cl)cc3F)[C@H]2c2cccc(Cl)c2F)O1. The Morgan fingerprint density at radius 3 is 2.53 bits per heavy atom. The van der Waals surface area contributed by atoms with Gasteiger partial charge >= 0.3 is 0 Å². The van der Waals surface area contributed by atoms with Crippen molar-refractivity contribution >= 4 is 29.1 Å². The molecule has 2 fully saturated rings. The van der Waals surface area contributed by atoms with Crippen LogP contribution in [0.1, 0.15) is 69.6 Å². The third-order valence-electron chi connectivity index (χ3n) is 10.8. The van der Waals surface area contributed by atoms with E-state index in [9.17, 15) is 4.79 Å². The molecule has 7 nitrogen and oxygen atoms in total. The average molecular weight is 742 g/mol. The van der Waals surface area contributed by atoms with Gasteiger partial charge in [-0.1, -0.05) is 97.2 Å². The van der Waals surface area contributed by atoms with Crippen LogP contribution in [0.2, 0.25) is 10.0 Å². The second-order valence-corrected chi connectivity index (χ2v) is 16.0. The average Bonchev–Trinajstić information content (AvgIpc) is 3.58. The molecular formula is C40H48Cl2F2N4O3. The van der Waals surface area contributed by atoms with E-state index in [1.54, 1.807) is 24.3 Å². The number of amides is 1. The van der Waals surface area contributed by atoms with Gasteiger partial charge in [0.15, 0.2) is 5.79 Å². The molecule has 0 saturated carbocycles. The fourth-order valence-electron chi connectivity index (χ4n) is 8.12. The lowest BCUT2D eigenvalue weighted by molar-refractivity contribution is -0.138. The van der Waals surface area contributed by atoms with E-state index in [-0.39, 0.29) is 33.2 Å². The van der Waals surface area contributed by atoms with E-state index in [2.05, 4.69) is 59.7 Å². The van der Waals surface area contributed by atoms with Gasteiger partial charge in [-0.15, -0.1) is 0 Å². The highest BCUT2D eigenvalue weighted by Crippen LogP contribution is 2.51. The number of nitrogens with one attached hydrogen (secondary N) is 2. The number of halogens is 4. The number of nitrogens with two attached hydrogens (primary N) is 1. The summed E-state index contributed by atoms with van der Waals surface area (Å²) in [6.45, 7) is 11.2. The summed E-state index contributed by atoms with van der Waals surface area (Å²) in [6.07, 6.45) is 3.90. The molecule has 11 heteroatoms. The molecule has 6 rings (SSSR count). The number of benzene rings is 3. The lowest BCUT2D eigenvalue weighted by Gasteiger charge is -2.42. The Morgan fingerprint density at radius 2 is 1.86 bits per heavy atom. The molecule has 0 spiro atoms. The van der Waals surface area contributed by atoms with Gasteiger partial charge in [-0.25, -0.2) is 8.78 Å². The van der Waals surface area contributed by atoms with Crippen molar-refractivity contribution in [3.63, 3.8) is 0 Å². The van der Waals surface area contributed by atoms with E-state index in [4.69, 9.17) is 38.4 Å². The first kappa shape index (κ1) is 37.9. The third kappa shape index (κ3) is 8.20. The zero-order valence-corrected chi connectivity index (χ0v) is 31.2. The van der Waals surface area contributed by atoms with Crippen LogP contribution in [0.25, 0.3) is 0 Å². The molecule has 2 saturated heterocycles. The van der Waals surface area contributed by atoms with E-state index in [1.165, 1.54) is 23.3 Å². The molecule has 0 aliphatic carbocycles. The summed E-state index contributed by atoms with van der Waals surface area (Å²) >= 11 is 12.5. The van der Waals surface area contributed by atoms with Gasteiger partial charge in [0.25, 0.3) is 0 Å². The van der Waals surface area contributed by atoms with Crippen LogP contribution in [0.3, 0.4) is 0 Å². The highest BCUT2D eigenvalue weighted by molar-refractivity contribution is 6.31. The van der Waals surface area contributed by atoms with E-state index >= 15 is 8.78 Å². The third-order valence-corrected chi connectivity index (χ3v) is 11.3. The molecule has 3 aliphatic heterocycles. The Kier molecular flexibility index (Phi) is 11.3. The lowest BCUT2D eigenvalue weighted by Crippen LogP contribution is -2.53. The highest BCUT2D eigenvalue weighted by Gasteiger charge is 2.59. The van der Waals surface area contributed by atoms with Crippen LogP contribution in [0.4, 0.5) is 8.78 Å². The molecule has 3 aliphatic rings. The first-order valence-corrected chi connectivity index (χ1v) is 18.4. The first-order valence-electron chi connectivity index (χ1n) is 17.7. The van der Waals surface area contributed by atoms with E-state index < -0.39 is 46.4 Å². The molecule has 3 heterocycles. The molecule has 3 aromatic carbocycles. The Bertz CT molecular complexity index is 1760. The van der Waals surface area contributed by atoms with Gasteiger partial charge in [0, 0.05) is 48.7 Å². The number of ether oxygens (including phenoxy) is 2. The van der Waals surface area contributed by atoms with Crippen molar-refractivity contribution in [2.75, 3.05) is 26.2 Å². The largest absolute Gasteiger partial charge is 0.355 e. The van der Waals surface area contributed by atoms with Gasteiger partial charge in [-0.05, 0) is 67.9 Å². The minimum absolute atomic E-state index is 0.109. The highest BCUT2D eigenvalue weighted by atomic mass is 35.5. The topological polar surface area (TPSA) is 88.9 Å². The second-order valence-electron chi connectivity index (χ2n) is 15.2. The Labute approximate surface area is 309 Å². The van der Waals surface area contributed by atoms with E-state index in [1.807, 2.05) is 19.9 Å². The number of rotatable bonds is 11. The molecule has 1 amide bonds. The van der Waals surface area contributed by atoms with Gasteiger partial charge in [0.1, 0.15) is 11.6 Å². The number of carbonyl (C=O) groups excluding carboxylic acids is 1. The normalized spacial score (nSPS) is 26.6. The van der Waals surface area contributed by atoms with Gasteiger partial charge in [0.2, 0.25) is 5.91 Å². The maximum Gasteiger partial charge on any atom is 0.237 e. The Hall–Kier alpha value is -2.89. The first-order chi connectivity index (χ1) is 24.2. The molecule has 0 unspecified atom stereocenters. The summed E-state index contributed by atoms with van der Waals surface area (Å²) in [5, 5.41) is 6.62. The fraction of sp³-hybridized carbons (Fsp3) is 0.475. The fourth-order valence-corrected chi connectivity index (χ4v) is 8.46. The molecule has 0 bridgehead atoms. The monoisotopic (exact) mass is 740 g/mol. The molecule has 51 heavy (non-hydrogen) atoms. The van der Waals surface area contributed by atoms with E-state index in [0.29, 0.717) is 26.0 Å². The van der Waals surface area contributed by atoms with Gasteiger partial charge in [0.05, 0.1) is 29.3 Å². The molecule has 0 radical (unpaired) electrons. The second kappa shape index (κ2) is 15.2. The van der Waals surface area contributed by atoms with Gasteiger partial charge < -0.3 is 25.8 Å². The number of hydrogen-bond donors (Lipinski definition) is 3. The van der Waals surface area contributed by atoms with Crippen molar-refractivity contribution in [1.29, 1.82) is 0 Å².